The second-order valence-electron chi connectivity index (χ2n) is 7.69. The van der Waals surface area contributed by atoms with Crippen molar-refractivity contribution in [1.29, 1.82) is 0 Å². The van der Waals surface area contributed by atoms with Crippen molar-refractivity contribution in [2.24, 2.45) is 17.6 Å². The summed E-state index contributed by atoms with van der Waals surface area (Å²) in [5, 5.41) is 24.7. The molecular formula is C18H32N4O7. The van der Waals surface area contributed by atoms with E-state index in [9.17, 15) is 24.0 Å². The number of aliphatic carboxylic acids is 2. The summed E-state index contributed by atoms with van der Waals surface area (Å²) in [6, 6.07) is -4.52. The first kappa shape index (κ1) is 26.3. The number of amides is 3. The van der Waals surface area contributed by atoms with E-state index in [1.165, 1.54) is 6.92 Å². The summed E-state index contributed by atoms with van der Waals surface area (Å²) >= 11 is 0. The predicted octanol–water partition coefficient (Wildman–Crippen LogP) is -0.951. The summed E-state index contributed by atoms with van der Waals surface area (Å²) in [7, 11) is 0. The molecule has 0 aliphatic carbocycles. The molecule has 0 saturated carbocycles. The molecular weight excluding hydrogens is 384 g/mol. The van der Waals surface area contributed by atoms with Gasteiger partial charge in [-0.2, -0.15) is 0 Å². The Kier molecular flexibility index (Phi) is 10.9. The molecule has 7 N–H and O–H groups in total. The molecule has 166 valence electrons. The van der Waals surface area contributed by atoms with Crippen molar-refractivity contribution < 1.29 is 34.2 Å². The van der Waals surface area contributed by atoms with Crippen LogP contribution in [-0.4, -0.2) is 64.0 Å². The molecule has 0 radical (unpaired) electrons. The lowest BCUT2D eigenvalue weighted by atomic mass is 10.00. The molecule has 3 amide bonds. The highest BCUT2D eigenvalue weighted by Crippen LogP contribution is 2.07. The van der Waals surface area contributed by atoms with Gasteiger partial charge < -0.3 is 31.9 Å². The van der Waals surface area contributed by atoms with Crippen LogP contribution in [0.1, 0.15) is 47.5 Å². The van der Waals surface area contributed by atoms with E-state index in [1.807, 2.05) is 13.8 Å². The Balaban J connectivity index is 5.00. The number of carboxylic acids is 2. The highest BCUT2D eigenvalue weighted by atomic mass is 16.4. The summed E-state index contributed by atoms with van der Waals surface area (Å²) in [4.78, 5) is 58.6. The van der Waals surface area contributed by atoms with Crippen LogP contribution in [0.3, 0.4) is 0 Å². The fraction of sp³-hybridized carbons (Fsp3) is 0.722. The molecule has 11 heteroatoms. The van der Waals surface area contributed by atoms with E-state index in [0.717, 1.165) is 0 Å². The smallest absolute Gasteiger partial charge is 0.326 e. The van der Waals surface area contributed by atoms with Gasteiger partial charge in [-0.05, 0) is 25.2 Å². The van der Waals surface area contributed by atoms with Crippen molar-refractivity contribution in [2.45, 2.75) is 71.6 Å². The Morgan fingerprint density at radius 3 is 1.79 bits per heavy atom. The van der Waals surface area contributed by atoms with Crippen LogP contribution in [0.2, 0.25) is 0 Å². The fourth-order valence-corrected chi connectivity index (χ4v) is 2.45. The van der Waals surface area contributed by atoms with Gasteiger partial charge in [-0.1, -0.05) is 27.7 Å². The normalized spacial score (nSPS) is 15.2. The van der Waals surface area contributed by atoms with Gasteiger partial charge in [0.15, 0.2) is 0 Å². The number of nitrogens with two attached hydrogens (primary N) is 1. The first-order valence-corrected chi connectivity index (χ1v) is 9.37. The Bertz CT molecular complexity index is 621. The van der Waals surface area contributed by atoms with Gasteiger partial charge in [0.1, 0.15) is 18.1 Å². The fourth-order valence-electron chi connectivity index (χ4n) is 2.45. The molecule has 0 heterocycles. The van der Waals surface area contributed by atoms with Crippen LogP contribution in [-0.2, 0) is 24.0 Å². The Morgan fingerprint density at radius 2 is 1.38 bits per heavy atom. The van der Waals surface area contributed by atoms with E-state index < -0.39 is 60.2 Å². The number of carbonyl (C=O) groups excluding carboxylic acids is 3. The molecule has 29 heavy (non-hydrogen) atoms. The van der Waals surface area contributed by atoms with E-state index >= 15 is 0 Å². The van der Waals surface area contributed by atoms with Crippen molar-refractivity contribution >= 4 is 29.7 Å². The van der Waals surface area contributed by atoms with E-state index in [0.29, 0.717) is 6.42 Å². The van der Waals surface area contributed by atoms with Crippen LogP contribution in [0.5, 0.6) is 0 Å². The zero-order chi connectivity index (χ0) is 22.9. The maximum absolute atomic E-state index is 12.5. The van der Waals surface area contributed by atoms with Gasteiger partial charge in [0.25, 0.3) is 0 Å². The van der Waals surface area contributed by atoms with Crippen LogP contribution < -0.4 is 21.7 Å². The Hall–Kier alpha value is -2.69. The maximum atomic E-state index is 12.5. The number of hydrogen-bond acceptors (Lipinski definition) is 6. The second kappa shape index (κ2) is 12.0. The summed E-state index contributed by atoms with van der Waals surface area (Å²) in [6.07, 6.45) is -0.364. The molecule has 4 atom stereocenters. The highest BCUT2D eigenvalue weighted by Gasteiger charge is 2.30. The van der Waals surface area contributed by atoms with Gasteiger partial charge in [-0.3, -0.25) is 19.2 Å². The molecule has 0 aromatic rings. The standard InChI is InChI=1S/C18H32N4O7/c1-8(2)6-11(19)16(26)22-14(9(3)4)17(27)20-10(5)15(25)21-12(18(28)29)7-13(23)24/h8-12,14H,6-7,19H2,1-5H3,(H,20,27)(H,21,25)(H,22,26)(H,23,24)(H,28,29). The lowest BCUT2D eigenvalue weighted by molar-refractivity contribution is -0.147. The average molecular weight is 416 g/mol. The topological polar surface area (TPSA) is 188 Å². The van der Waals surface area contributed by atoms with Gasteiger partial charge in [0.2, 0.25) is 17.7 Å². The quantitative estimate of drug-likeness (QED) is 0.235. The Labute approximate surface area is 169 Å². The lowest BCUT2D eigenvalue weighted by Crippen LogP contribution is -2.57. The number of nitrogens with one attached hydrogen (secondary N) is 3. The van der Waals surface area contributed by atoms with E-state index in [2.05, 4.69) is 16.0 Å². The van der Waals surface area contributed by atoms with Crippen LogP contribution in [0, 0.1) is 11.8 Å². The van der Waals surface area contributed by atoms with Crippen molar-refractivity contribution in [3.63, 3.8) is 0 Å². The van der Waals surface area contributed by atoms with Crippen LogP contribution in [0.4, 0.5) is 0 Å². The van der Waals surface area contributed by atoms with Gasteiger partial charge in [0.05, 0.1) is 12.5 Å². The zero-order valence-corrected chi connectivity index (χ0v) is 17.4. The first-order valence-electron chi connectivity index (χ1n) is 9.37. The van der Waals surface area contributed by atoms with Crippen LogP contribution in [0.15, 0.2) is 0 Å². The first-order chi connectivity index (χ1) is 13.3. The predicted molar refractivity (Wildman–Crippen MR) is 104 cm³/mol. The summed E-state index contributed by atoms with van der Waals surface area (Å²) in [5.41, 5.74) is 5.83. The van der Waals surface area contributed by atoms with Crippen molar-refractivity contribution in [3.8, 4) is 0 Å². The minimum atomic E-state index is -1.63. The van der Waals surface area contributed by atoms with Gasteiger partial charge >= 0.3 is 11.9 Å². The third-order valence-corrected chi connectivity index (χ3v) is 4.05. The maximum Gasteiger partial charge on any atom is 0.326 e. The molecule has 4 unspecified atom stereocenters. The molecule has 0 saturated heterocycles. The molecule has 0 aliphatic heterocycles. The van der Waals surface area contributed by atoms with E-state index in [1.54, 1.807) is 13.8 Å². The van der Waals surface area contributed by atoms with Crippen molar-refractivity contribution in [3.05, 3.63) is 0 Å². The van der Waals surface area contributed by atoms with Crippen molar-refractivity contribution in [2.75, 3.05) is 0 Å². The summed E-state index contributed by atoms with van der Waals surface area (Å²) in [5.74, 6) is -5.01. The molecule has 11 nitrogen and oxygen atoms in total. The minimum absolute atomic E-state index is 0.193. The third kappa shape index (κ3) is 9.88. The molecule has 0 bridgehead atoms. The third-order valence-electron chi connectivity index (χ3n) is 4.05. The van der Waals surface area contributed by atoms with Crippen LogP contribution in [0.25, 0.3) is 0 Å². The van der Waals surface area contributed by atoms with Gasteiger partial charge in [0, 0.05) is 0 Å². The lowest BCUT2D eigenvalue weighted by Gasteiger charge is -2.26. The zero-order valence-electron chi connectivity index (χ0n) is 17.4. The van der Waals surface area contributed by atoms with Gasteiger partial charge in [-0.25, -0.2) is 4.79 Å². The van der Waals surface area contributed by atoms with Gasteiger partial charge in [-0.15, -0.1) is 0 Å². The number of rotatable bonds is 12. The summed E-state index contributed by atoms with van der Waals surface area (Å²) in [6.45, 7) is 8.55. The van der Waals surface area contributed by atoms with Crippen LogP contribution >= 0.6 is 0 Å². The average Bonchev–Trinajstić information content (AvgIpc) is 2.56. The minimum Gasteiger partial charge on any atom is -0.481 e. The highest BCUT2D eigenvalue weighted by molar-refractivity contribution is 5.94. The molecule has 0 spiro atoms. The number of carbonyl (C=O) groups is 5. The van der Waals surface area contributed by atoms with Crippen molar-refractivity contribution in [1.82, 2.24) is 16.0 Å². The number of hydrogen-bond donors (Lipinski definition) is 6. The van der Waals surface area contributed by atoms with E-state index in [-0.39, 0.29) is 11.8 Å². The largest absolute Gasteiger partial charge is 0.481 e. The Morgan fingerprint density at radius 1 is 0.828 bits per heavy atom. The molecule has 0 aliphatic rings. The second-order valence-corrected chi connectivity index (χ2v) is 7.69. The molecule has 0 aromatic heterocycles. The SMILES string of the molecule is CC(C)CC(N)C(=O)NC(C(=O)NC(C)C(=O)NC(CC(=O)O)C(=O)O)C(C)C. The molecule has 0 aromatic carbocycles. The molecule has 0 rings (SSSR count). The van der Waals surface area contributed by atoms with E-state index in [4.69, 9.17) is 15.9 Å². The molecule has 0 fully saturated rings. The summed E-state index contributed by atoms with van der Waals surface area (Å²) < 4.78 is 0. The number of carboxylic acid groups (broad SMARTS) is 2. The monoisotopic (exact) mass is 416 g/mol.